The van der Waals surface area contributed by atoms with E-state index in [9.17, 15) is 9.59 Å². The molecular formula is C10H8Cl2O4. The molecular weight excluding hydrogens is 255 g/mol. The van der Waals surface area contributed by atoms with E-state index >= 15 is 0 Å². The van der Waals surface area contributed by atoms with E-state index in [-0.39, 0.29) is 21.2 Å². The van der Waals surface area contributed by atoms with Gasteiger partial charge in [-0.25, -0.2) is 9.59 Å². The molecule has 0 N–H and O–H groups in total. The number of halogens is 2. The molecule has 0 heterocycles. The lowest BCUT2D eigenvalue weighted by Gasteiger charge is -2.06. The Hall–Kier alpha value is -1.26. The van der Waals surface area contributed by atoms with Gasteiger partial charge in [-0.05, 0) is 12.1 Å². The summed E-state index contributed by atoms with van der Waals surface area (Å²) in [5, 5.41) is 0.131. The van der Waals surface area contributed by atoms with Crippen molar-refractivity contribution in [2.24, 2.45) is 0 Å². The van der Waals surface area contributed by atoms with E-state index in [0.717, 1.165) is 0 Å². The lowest BCUT2D eigenvalue weighted by molar-refractivity contribution is 0.0599. The lowest BCUT2D eigenvalue weighted by Crippen LogP contribution is -2.07. The minimum Gasteiger partial charge on any atom is -0.465 e. The Morgan fingerprint density at radius 2 is 1.62 bits per heavy atom. The minimum absolute atomic E-state index is 0.0251. The molecule has 1 aromatic carbocycles. The highest BCUT2D eigenvalue weighted by Crippen LogP contribution is 2.28. The Morgan fingerprint density at radius 3 is 2.12 bits per heavy atom. The molecule has 0 aliphatic carbocycles. The molecule has 4 nitrogen and oxygen atoms in total. The van der Waals surface area contributed by atoms with E-state index in [0.29, 0.717) is 0 Å². The van der Waals surface area contributed by atoms with Crippen molar-refractivity contribution in [2.45, 2.75) is 0 Å². The van der Waals surface area contributed by atoms with Crippen LogP contribution in [-0.4, -0.2) is 26.2 Å². The van der Waals surface area contributed by atoms with Crippen molar-refractivity contribution in [2.75, 3.05) is 14.2 Å². The highest BCUT2D eigenvalue weighted by molar-refractivity contribution is 6.44. The van der Waals surface area contributed by atoms with Crippen molar-refractivity contribution in [3.63, 3.8) is 0 Å². The maximum Gasteiger partial charge on any atom is 0.339 e. The Labute approximate surface area is 102 Å². The van der Waals surface area contributed by atoms with Crippen molar-refractivity contribution < 1.29 is 19.1 Å². The Kier molecular flexibility index (Phi) is 4.15. The highest BCUT2D eigenvalue weighted by atomic mass is 35.5. The van der Waals surface area contributed by atoms with Gasteiger partial charge in [0, 0.05) is 0 Å². The van der Waals surface area contributed by atoms with Crippen LogP contribution in [0.5, 0.6) is 0 Å². The van der Waals surface area contributed by atoms with Gasteiger partial charge in [0.05, 0.1) is 35.4 Å². The molecule has 6 heteroatoms. The fraction of sp³-hybridized carbons (Fsp3) is 0.200. The van der Waals surface area contributed by atoms with E-state index in [1.54, 1.807) is 0 Å². The fourth-order valence-corrected chi connectivity index (χ4v) is 1.49. The van der Waals surface area contributed by atoms with Gasteiger partial charge in [0.25, 0.3) is 0 Å². The maximum atomic E-state index is 11.3. The number of ether oxygens (including phenoxy) is 2. The molecule has 0 fully saturated rings. The molecule has 0 aromatic heterocycles. The normalized spacial score (nSPS) is 9.75. The molecule has 1 rings (SSSR count). The zero-order chi connectivity index (χ0) is 12.3. The van der Waals surface area contributed by atoms with Crippen LogP contribution in [0.4, 0.5) is 0 Å². The maximum absolute atomic E-state index is 11.3. The molecule has 0 bridgehead atoms. The molecule has 0 saturated carbocycles. The number of carbonyl (C=O) groups is 2. The fourth-order valence-electron chi connectivity index (χ4n) is 1.08. The molecule has 0 amide bonds. The average molecular weight is 263 g/mol. The van der Waals surface area contributed by atoms with E-state index in [1.165, 1.54) is 26.4 Å². The second-order valence-corrected chi connectivity index (χ2v) is 3.59. The summed E-state index contributed by atoms with van der Waals surface area (Å²) in [6.45, 7) is 0. The van der Waals surface area contributed by atoms with Gasteiger partial charge in [-0.3, -0.25) is 0 Å². The van der Waals surface area contributed by atoms with Crippen molar-refractivity contribution in [3.05, 3.63) is 33.3 Å². The molecule has 0 aliphatic heterocycles. The van der Waals surface area contributed by atoms with E-state index in [2.05, 4.69) is 9.47 Å². The summed E-state index contributed by atoms with van der Waals surface area (Å²) in [5.74, 6) is -1.28. The van der Waals surface area contributed by atoms with Gasteiger partial charge >= 0.3 is 11.9 Å². The molecule has 86 valence electrons. The third-order valence-corrected chi connectivity index (χ3v) is 2.66. The summed E-state index contributed by atoms with van der Waals surface area (Å²) >= 11 is 11.6. The van der Waals surface area contributed by atoms with Gasteiger partial charge in [-0.1, -0.05) is 23.2 Å². The van der Waals surface area contributed by atoms with Crippen LogP contribution in [0.2, 0.25) is 10.0 Å². The van der Waals surface area contributed by atoms with Crippen LogP contribution in [0.25, 0.3) is 0 Å². The number of carbonyl (C=O) groups excluding carboxylic acids is 2. The van der Waals surface area contributed by atoms with E-state index < -0.39 is 11.9 Å². The van der Waals surface area contributed by atoms with Crippen LogP contribution in [0.15, 0.2) is 12.1 Å². The second-order valence-electron chi connectivity index (χ2n) is 2.80. The summed E-state index contributed by atoms with van der Waals surface area (Å²) in [6, 6.07) is 2.59. The van der Waals surface area contributed by atoms with E-state index in [4.69, 9.17) is 23.2 Å². The van der Waals surface area contributed by atoms with Crippen molar-refractivity contribution in [3.8, 4) is 0 Å². The second kappa shape index (κ2) is 5.18. The molecule has 0 radical (unpaired) electrons. The van der Waals surface area contributed by atoms with Crippen LogP contribution in [0.1, 0.15) is 20.7 Å². The number of benzene rings is 1. The zero-order valence-electron chi connectivity index (χ0n) is 8.54. The minimum atomic E-state index is -0.669. The van der Waals surface area contributed by atoms with Gasteiger partial charge in [0.15, 0.2) is 0 Å². The van der Waals surface area contributed by atoms with Crippen molar-refractivity contribution in [1.82, 2.24) is 0 Å². The van der Waals surface area contributed by atoms with Gasteiger partial charge in [0.2, 0.25) is 0 Å². The van der Waals surface area contributed by atoms with Gasteiger partial charge in [0.1, 0.15) is 0 Å². The third kappa shape index (κ3) is 2.46. The first-order valence-corrected chi connectivity index (χ1v) is 4.92. The SMILES string of the molecule is COC(=O)c1cc(Cl)c(Cl)c(C(=O)OC)c1. The largest absolute Gasteiger partial charge is 0.465 e. The molecule has 0 aliphatic rings. The predicted octanol–water partition coefficient (Wildman–Crippen LogP) is 2.57. The Balaban J connectivity index is 3.33. The number of methoxy groups -OCH3 is 2. The lowest BCUT2D eigenvalue weighted by atomic mass is 10.1. The molecule has 0 spiro atoms. The van der Waals surface area contributed by atoms with Crippen LogP contribution in [0.3, 0.4) is 0 Å². The van der Waals surface area contributed by atoms with Gasteiger partial charge in [-0.15, -0.1) is 0 Å². The smallest absolute Gasteiger partial charge is 0.339 e. The van der Waals surface area contributed by atoms with Crippen LogP contribution in [-0.2, 0) is 9.47 Å². The number of rotatable bonds is 2. The van der Waals surface area contributed by atoms with Crippen LogP contribution >= 0.6 is 23.2 Å². The Morgan fingerprint density at radius 1 is 1.06 bits per heavy atom. The summed E-state index contributed by atoms with van der Waals surface area (Å²) < 4.78 is 9.01. The molecule has 0 unspecified atom stereocenters. The van der Waals surface area contributed by atoms with Gasteiger partial charge in [-0.2, -0.15) is 0 Å². The van der Waals surface area contributed by atoms with Crippen molar-refractivity contribution in [1.29, 1.82) is 0 Å². The standard InChI is InChI=1S/C10H8Cl2O4/c1-15-9(13)5-3-6(10(14)16-2)8(12)7(11)4-5/h3-4H,1-2H3. The first-order valence-electron chi connectivity index (χ1n) is 4.17. The zero-order valence-corrected chi connectivity index (χ0v) is 10.1. The first kappa shape index (κ1) is 12.8. The van der Waals surface area contributed by atoms with Crippen LogP contribution in [0, 0.1) is 0 Å². The van der Waals surface area contributed by atoms with Crippen molar-refractivity contribution >= 4 is 35.1 Å². The van der Waals surface area contributed by atoms with Crippen LogP contribution < -0.4 is 0 Å². The molecule has 16 heavy (non-hydrogen) atoms. The topological polar surface area (TPSA) is 52.6 Å². The average Bonchev–Trinajstić information content (AvgIpc) is 2.30. The molecule has 1 aromatic rings. The first-order chi connectivity index (χ1) is 7.51. The summed E-state index contributed by atoms with van der Waals surface area (Å²) in [5.41, 5.74) is 0.161. The van der Waals surface area contributed by atoms with E-state index in [1.807, 2.05) is 0 Å². The predicted molar refractivity (Wildman–Crippen MR) is 59.1 cm³/mol. The molecule has 0 atom stereocenters. The summed E-state index contributed by atoms with van der Waals surface area (Å²) in [4.78, 5) is 22.6. The summed E-state index contributed by atoms with van der Waals surface area (Å²) in [6.07, 6.45) is 0. The number of hydrogen-bond acceptors (Lipinski definition) is 4. The highest BCUT2D eigenvalue weighted by Gasteiger charge is 2.18. The molecule has 0 saturated heterocycles. The third-order valence-electron chi connectivity index (χ3n) is 1.85. The quantitative estimate of drug-likeness (QED) is 0.769. The number of hydrogen-bond donors (Lipinski definition) is 0. The number of esters is 2. The Bertz CT molecular complexity index is 443. The monoisotopic (exact) mass is 262 g/mol. The summed E-state index contributed by atoms with van der Waals surface area (Å²) in [7, 11) is 2.43. The van der Waals surface area contributed by atoms with Gasteiger partial charge < -0.3 is 9.47 Å².